The van der Waals surface area contributed by atoms with Gasteiger partial charge in [-0.25, -0.2) is 5.01 Å². The second-order valence-electron chi connectivity index (χ2n) is 6.10. The number of ether oxygens (including phenoxy) is 2. The molecule has 1 aromatic rings. The summed E-state index contributed by atoms with van der Waals surface area (Å²) in [6, 6.07) is 9.76. The minimum absolute atomic E-state index is 0.0308. The van der Waals surface area contributed by atoms with Crippen molar-refractivity contribution in [2.45, 2.75) is 40.5 Å². The third-order valence-electron chi connectivity index (χ3n) is 3.13. The van der Waals surface area contributed by atoms with Gasteiger partial charge in [-0.2, -0.15) is 5.10 Å². The summed E-state index contributed by atoms with van der Waals surface area (Å²) in [6.45, 7) is 8.36. The molecule has 1 unspecified atom stereocenters. The van der Waals surface area contributed by atoms with Crippen LogP contribution in [0.4, 0.5) is 0 Å². The van der Waals surface area contributed by atoms with Gasteiger partial charge in [0.25, 0.3) is 5.91 Å². The molecule has 0 aliphatic carbocycles. The summed E-state index contributed by atoms with van der Waals surface area (Å²) in [5.74, 6) is 0.168. The largest absolute Gasteiger partial charge is 0.367 e. The third-order valence-corrected chi connectivity index (χ3v) is 3.13. The first-order valence-electron chi connectivity index (χ1n) is 7.96. The first kappa shape index (κ1) is 19.3. The SMILES string of the molecule is COC(C(C)C)N(/N=C/C(C)C)C(=O)COCc1ccccc1. The topological polar surface area (TPSA) is 51.1 Å². The Morgan fingerprint density at radius 1 is 1.22 bits per heavy atom. The standard InChI is InChI=1S/C18H28N2O3/c1-14(2)11-19-20(18(22-5)15(3)4)17(21)13-23-12-16-9-7-6-8-10-16/h6-11,14-15,18H,12-13H2,1-5H3/b19-11+. The lowest BCUT2D eigenvalue weighted by Crippen LogP contribution is -2.42. The molecular weight excluding hydrogens is 292 g/mol. The summed E-state index contributed by atoms with van der Waals surface area (Å²) < 4.78 is 11.0. The van der Waals surface area contributed by atoms with Gasteiger partial charge in [-0.1, -0.05) is 58.0 Å². The van der Waals surface area contributed by atoms with E-state index in [0.717, 1.165) is 5.56 Å². The van der Waals surface area contributed by atoms with Crippen LogP contribution in [-0.4, -0.2) is 37.1 Å². The van der Waals surface area contributed by atoms with Crippen molar-refractivity contribution in [2.75, 3.05) is 13.7 Å². The second kappa shape index (κ2) is 10.1. The molecule has 0 aliphatic heterocycles. The van der Waals surface area contributed by atoms with Crippen LogP contribution >= 0.6 is 0 Å². The van der Waals surface area contributed by atoms with E-state index in [4.69, 9.17) is 9.47 Å². The molecule has 0 saturated heterocycles. The van der Waals surface area contributed by atoms with Gasteiger partial charge in [-0.3, -0.25) is 4.79 Å². The Hall–Kier alpha value is -1.72. The van der Waals surface area contributed by atoms with Gasteiger partial charge in [0.05, 0.1) is 6.61 Å². The van der Waals surface area contributed by atoms with Crippen LogP contribution in [0.5, 0.6) is 0 Å². The number of rotatable bonds is 9. The number of amides is 1. The molecule has 0 heterocycles. The molecule has 128 valence electrons. The van der Waals surface area contributed by atoms with E-state index >= 15 is 0 Å². The fourth-order valence-corrected chi connectivity index (χ4v) is 2.03. The van der Waals surface area contributed by atoms with E-state index in [-0.39, 0.29) is 24.3 Å². The number of nitrogens with zero attached hydrogens (tertiary/aromatic N) is 2. The van der Waals surface area contributed by atoms with E-state index in [1.54, 1.807) is 13.3 Å². The van der Waals surface area contributed by atoms with Crippen molar-refractivity contribution in [3.8, 4) is 0 Å². The molecule has 1 aromatic carbocycles. The number of carbonyl (C=O) groups is 1. The molecule has 0 fully saturated rings. The number of hydrogen-bond acceptors (Lipinski definition) is 4. The predicted molar refractivity (Wildman–Crippen MR) is 91.9 cm³/mol. The van der Waals surface area contributed by atoms with Gasteiger partial charge < -0.3 is 9.47 Å². The van der Waals surface area contributed by atoms with Gasteiger partial charge in [0.2, 0.25) is 0 Å². The maximum Gasteiger partial charge on any atom is 0.271 e. The molecule has 1 atom stereocenters. The van der Waals surface area contributed by atoms with Gasteiger partial charge >= 0.3 is 0 Å². The Balaban J connectivity index is 2.67. The Labute approximate surface area is 139 Å². The predicted octanol–water partition coefficient (Wildman–Crippen LogP) is 3.30. The molecule has 0 aromatic heterocycles. The lowest BCUT2D eigenvalue weighted by Gasteiger charge is -2.29. The van der Waals surface area contributed by atoms with E-state index in [1.807, 2.05) is 58.0 Å². The first-order valence-corrected chi connectivity index (χ1v) is 7.96. The highest BCUT2D eigenvalue weighted by Crippen LogP contribution is 2.13. The molecule has 0 radical (unpaired) electrons. The fraction of sp³-hybridized carbons (Fsp3) is 0.556. The highest BCUT2D eigenvalue weighted by atomic mass is 16.5. The Kier molecular flexibility index (Phi) is 8.51. The molecule has 1 rings (SSSR count). The lowest BCUT2D eigenvalue weighted by molar-refractivity contribution is -0.153. The Bertz CT molecular complexity index is 486. The zero-order valence-corrected chi connectivity index (χ0v) is 14.7. The van der Waals surface area contributed by atoms with Crippen molar-refractivity contribution in [1.29, 1.82) is 0 Å². The van der Waals surface area contributed by atoms with E-state index in [9.17, 15) is 4.79 Å². The van der Waals surface area contributed by atoms with Gasteiger partial charge in [-0.15, -0.1) is 0 Å². The summed E-state index contributed by atoms with van der Waals surface area (Å²) in [5, 5.41) is 5.68. The van der Waals surface area contributed by atoms with Crippen LogP contribution in [0.3, 0.4) is 0 Å². The maximum absolute atomic E-state index is 12.5. The molecule has 0 saturated carbocycles. The molecular formula is C18H28N2O3. The van der Waals surface area contributed by atoms with Gasteiger partial charge in [0, 0.05) is 19.2 Å². The molecule has 0 aliphatic rings. The molecule has 1 amide bonds. The summed E-state index contributed by atoms with van der Waals surface area (Å²) in [5.41, 5.74) is 1.03. The third kappa shape index (κ3) is 6.93. The average Bonchev–Trinajstić information content (AvgIpc) is 2.51. The smallest absolute Gasteiger partial charge is 0.271 e. The van der Waals surface area contributed by atoms with Gasteiger partial charge in [0.1, 0.15) is 6.61 Å². The maximum atomic E-state index is 12.5. The Morgan fingerprint density at radius 2 is 1.87 bits per heavy atom. The van der Waals surface area contributed by atoms with Crippen molar-refractivity contribution >= 4 is 12.1 Å². The lowest BCUT2D eigenvalue weighted by atomic mass is 10.2. The normalized spacial score (nSPS) is 13.0. The minimum Gasteiger partial charge on any atom is -0.367 e. The monoisotopic (exact) mass is 320 g/mol. The van der Waals surface area contributed by atoms with Gasteiger partial charge in [-0.05, 0) is 11.5 Å². The van der Waals surface area contributed by atoms with Crippen molar-refractivity contribution in [3.63, 3.8) is 0 Å². The van der Waals surface area contributed by atoms with Crippen molar-refractivity contribution in [1.82, 2.24) is 5.01 Å². The number of benzene rings is 1. The first-order chi connectivity index (χ1) is 11.0. The molecule has 0 N–H and O–H groups in total. The summed E-state index contributed by atoms with van der Waals surface area (Å²) in [6.07, 6.45) is 1.33. The Morgan fingerprint density at radius 3 is 2.39 bits per heavy atom. The van der Waals surface area contributed by atoms with E-state index in [0.29, 0.717) is 6.61 Å². The molecule has 0 spiro atoms. The zero-order valence-electron chi connectivity index (χ0n) is 14.7. The highest BCUT2D eigenvalue weighted by Gasteiger charge is 2.26. The van der Waals surface area contributed by atoms with Crippen molar-refractivity contribution < 1.29 is 14.3 Å². The average molecular weight is 320 g/mol. The molecule has 23 heavy (non-hydrogen) atoms. The molecule has 5 heteroatoms. The fourth-order valence-electron chi connectivity index (χ4n) is 2.03. The number of hydrazone groups is 1. The van der Waals surface area contributed by atoms with Crippen molar-refractivity contribution in [3.05, 3.63) is 35.9 Å². The van der Waals surface area contributed by atoms with Crippen LogP contribution in [0.1, 0.15) is 33.3 Å². The molecule has 5 nitrogen and oxygen atoms in total. The number of hydrogen-bond donors (Lipinski definition) is 0. The van der Waals surface area contributed by atoms with E-state index in [2.05, 4.69) is 5.10 Å². The molecule has 0 bridgehead atoms. The van der Waals surface area contributed by atoms with E-state index < -0.39 is 6.23 Å². The summed E-state index contributed by atoms with van der Waals surface area (Å²) in [7, 11) is 1.58. The quantitative estimate of drug-likeness (QED) is 0.398. The van der Waals surface area contributed by atoms with Crippen molar-refractivity contribution in [2.24, 2.45) is 16.9 Å². The minimum atomic E-state index is -0.405. The van der Waals surface area contributed by atoms with Crippen LogP contribution in [0.25, 0.3) is 0 Å². The summed E-state index contributed by atoms with van der Waals surface area (Å²) in [4.78, 5) is 12.5. The number of methoxy groups -OCH3 is 1. The van der Waals surface area contributed by atoms with Crippen LogP contribution in [0.2, 0.25) is 0 Å². The number of carbonyl (C=O) groups excluding carboxylic acids is 1. The second-order valence-corrected chi connectivity index (χ2v) is 6.10. The van der Waals surface area contributed by atoms with E-state index in [1.165, 1.54) is 5.01 Å². The van der Waals surface area contributed by atoms with Crippen LogP contribution < -0.4 is 0 Å². The zero-order chi connectivity index (χ0) is 17.2. The van der Waals surface area contributed by atoms with Gasteiger partial charge in [0.15, 0.2) is 6.23 Å². The van der Waals surface area contributed by atoms with Crippen LogP contribution in [0.15, 0.2) is 35.4 Å². The summed E-state index contributed by atoms with van der Waals surface area (Å²) >= 11 is 0. The van der Waals surface area contributed by atoms with Crippen LogP contribution in [0, 0.1) is 11.8 Å². The van der Waals surface area contributed by atoms with Crippen LogP contribution in [-0.2, 0) is 20.9 Å². The highest BCUT2D eigenvalue weighted by molar-refractivity contribution is 5.78.